The summed E-state index contributed by atoms with van der Waals surface area (Å²) < 4.78 is 0. The third-order valence-corrected chi connectivity index (χ3v) is 5.53. The quantitative estimate of drug-likeness (QED) is 0.374. The summed E-state index contributed by atoms with van der Waals surface area (Å²) in [6.45, 7) is 0.921. The zero-order chi connectivity index (χ0) is 18.3. The first-order valence-corrected chi connectivity index (χ1v) is 10.1. The smallest absolute Gasteiger partial charge is 0.183 e. The highest BCUT2D eigenvalue weighted by Crippen LogP contribution is 2.38. The van der Waals surface area contributed by atoms with Crippen LogP contribution in [0.15, 0.2) is 91.0 Å². The lowest BCUT2D eigenvalue weighted by Crippen LogP contribution is -2.02. The van der Waals surface area contributed by atoms with Crippen LogP contribution in [0.25, 0.3) is 21.7 Å². The molecule has 0 amide bonds. The van der Waals surface area contributed by atoms with Gasteiger partial charge in [-0.3, -0.25) is 0 Å². The van der Waals surface area contributed by atoms with Gasteiger partial charge in [-0.2, -0.15) is 0 Å². The summed E-state index contributed by atoms with van der Waals surface area (Å²) in [5.41, 5.74) is 4.81. The Bertz CT molecular complexity index is 906. The second-order valence-electron chi connectivity index (χ2n) is 6.44. The van der Waals surface area contributed by atoms with Gasteiger partial charge in [0.2, 0.25) is 0 Å². The van der Waals surface area contributed by atoms with E-state index in [1.165, 1.54) is 16.0 Å². The first-order chi connectivity index (χ1) is 13.4. The lowest BCUT2D eigenvalue weighted by molar-refractivity contribution is 0.862. The highest BCUT2D eigenvalue weighted by atomic mass is 32.1. The lowest BCUT2D eigenvalue weighted by Gasteiger charge is -2.03. The molecule has 134 valence electrons. The highest BCUT2D eigenvalue weighted by molar-refractivity contribution is 7.19. The highest BCUT2D eigenvalue weighted by Gasteiger charge is 2.14. The third-order valence-electron chi connectivity index (χ3n) is 4.47. The molecule has 3 aromatic carbocycles. The Kier molecular flexibility index (Phi) is 5.61. The number of aromatic nitrogens is 1. The van der Waals surface area contributed by atoms with Gasteiger partial charge in [-0.25, -0.2) is 4.98 Å². The van der Waals surface area contributed by atoms with Gasteiger partial charge in [0.05, 0.1) is 10.6 Å². The maximum absolute atomic E-state index is 4.91. The number of nitrogens with zero attached hydrogens (tertiary/aromatic N) is 1. The Morgan fingerprint density at radius 2 is 1.30 bits per heavy atom. The van der Waals surface area contributed by atoms with Gasteiger partial charge in [0.1, 0.15) is 0 Å². The van der Waals surface area contributed by atoms with Crippen LogP contribution in [-0.2, 0) is 6.42 Å². The van der Waals surface area contributed by atoms with E-state index in [9.17, 15) is 0 Å². The molecule has 1 aromatic heterocycles. The van der Waals surface area contributed by atoms with Gasteiger partial charge in [-0.05, 0) is 24.0 Å². The Morgan fingerprint density at radius 1 is 0.704 bits per heavy atom. The van der Waals surface area contributed by atoms with Gasteiger partial charge in [0, 0.05) is 12.1 Å². The van der Waals surface area contributed by atoms with Crippen LogP contribution in [0.1, 0.15) is 12.0 Å². The van der Waals surface area contributed by atoms with E-state index < -0.39 is 0 Å². The van der Waals surface area contributed by atoms with Crippen LogP contribution in [0.4, 0.5) is 5.13 Å². The van der Waals surface area contributed by atoms with Crippen molar-refractivity contribution in [1.29, 1.82) is 0 Å². The average Bonchev–Trinajstić information content (AvgIpc) is 3.18. The fourth-order valence-electron chi connectivity index (χ4n) is 3.11. The van der Waals surface area contributed by atoms with E-state index in [1.807, 2.05) is 6.07 Å². The van der Waals surface area contributed by atoms with Crippen molar-refractivity contribution < 1.29 is 0 Å². The molecular formula is C24H22N2S. The van der Waals surface area contributed by atoms with Crippen LogP contribution >= 0.6 is 11.3 Å². The number of hydrogen-bond donors (Lipinski definition) is 1. The van der Waals surface area contributed by atoms with Crippen molar-refractivity contribution in [2.45, 2.75) is 12.8 Å². The number of benzene rings is 3. The molecular weight excluding hydrogens is 348 g/mol. The van der Waals surface area contributed by atoms with Crippen LogP contribution in [0.3, 0.4) is 0 Å². The molecule has 3 heteroatoms. The first kappa shape index (κ1) is 17.5. The number of rotatable bonds is 7. The number of anilines is 1. The maximum Gasteiger partial charge on any atom is 0.183 e. The zero-order valence-electron chi connectivity index (χ0n) is 15.1. The summed E-state index contributed by atoms with van der Waals surface area (Å²) in [6.07, 6.45) is 2.17. The standard InChI is InChI=1S/C24H22N2S/c1-4-11-19(12-5-1)13-10-18-25-24-26-22(20-14-6-2-7-15-20)23(27-24)21-16-8-3-9-17-21/h1-9,11-12,14-17H,10,13,18H2,(H,25,26). The van der Waals surface area contributed by atoms with Crippen molar-refractivity contribution in [3.05, 3.63) is 96.6 Å². The summed E-state index contributed by atoms with van der Waals surface area (Å²) in [6, 6.07) is 31.6. The van der Waals surface area contributed by atoms with Gasteiger partial charge in [-0.1, -0.05) is 102 Å². The normalized spacial score (nSPS) is 10.7. The Labute approximate surface area is 164 Å². The Hall–Kier alpha value is -2.91. The predicted molar refractivity (Wildman–Crippen MR) is 116 cm³/mol. The number of nitrogens with one attached hydrogen (secondary N) is 1. The molecule has 0 bridgehead atoms. The van der Waals surface area contributed by atoms with Gasteiger partial charge in [0.15, 0.2) is 5.13 Å². The molecule has 0 fully saturated rings. The predicted octanol–water partition coefficient (Wildman–Crippen LogP) is 6.52. The largest absolute Gasteiger partial charge is 0.361 e. The molecule has 1 heterocycles. The second kappa shape index (κ2) is 8.65. The van der Waals surface area contributed by atoms with Gasteiger partial charge >= 0.3 is 0 Å². The minimum Gasteiger partial charge on any atom is -0.361 e. The molecule has 0 atom stereocenters. The molecule has 0 aliphatic rings. The van der Waals surface area contributed by atoms with E-state index in [0.29, 0.717) is 0 Å². The zero-order valence-corrected chi connectivity index (χ0v) is 16.0. The van der Waals surface area contributed by atoms with E-state index in [0.717, 1.165) is 35.8 Å². The molecule has 0 saturated heterocycles. The van der Waals surface area contributed by atoms with Crippen molar-refractivity contribution in [1.82, 2.24) is 4.98 Å². The second-order valence-corrected chi connectivity index (χ2v) is 7.44. The van der Waals surface area contributed by atoms with Gasteiger partial charge < -0.3 is 5.32 Å². The molecule has 2 nitrogen and oxygen atoms in total. The van der Waals surface area contributed by atoms with Crippen molar-refractivity contribution >= 4 is 16.5 Å². The lowest BCUT2D eigenvalue weighted by atomic mass is 10.1. The SMILES string of the molecule is c1ccc(CCCNc2nc(-c3ccccc3)c(-c3ccccc3)s2)cc1. The third kappa shape index (κ3) is 4.44. The molecule has 4 aromatic rings. The first-order valence-electron chi connectivity index (χ1n) is 9.29. The van der Waals surface area contributed by atoms with E-state index in [1.54, 1.807) is 11.3 Å². The summed E-state index contributed by atoms with van der Waals surface area (Å²) in [5, 5.41) is 4.51. The molecule has 0 saturated carbocycles. The van der Waals surface area contributed by atoms with Gasteiger partial charge in [-0.15, -0.1) is 0 Å². The van der Waals surface area contributed by atoms with Crippen LogP contribution in [0, 0.1) is 0 Å². The molecule has 0 unspecified atom stereocenters. The molecule has 0 radical (unpaired) electrons. The van der Waals surface area contributed by atoms with Crippen molar-refractivity contribution in [2.24, 2.45) is 0 Å². The molecule has 0 aliphatic carbocycles. The Balaban J connectivity index is 1.51. The molecule has 27 heavy (non-hydrogen) atoms. The molecule has 0 aliphatic heterocycles. The van der Waals surface area contributed by atoms with Gasteiger partial charge in [0.25, 0.3) is 0 Å². The molecule has 4 rings (SSSR count). The number of aryl methyl sites for hydroxylation is 1. The average molecular weight is 371 g/mol. The summed E-state index contributed by atoms with van der Waals surface area (Å²) in [5.74, 6) is 0. The number of hydrogen-bond acceptors (Lipinski definition) is 3. The molecule has 0 spiro atoms. The fraction of sp³-hybridized carbons (Fsp3) is 0.125. The van der Waals surface area contributed by atoms with Crippen LogP contribution in [0.5, 0.6) is 0 Å². The summed E-state index contributed by atoms with van der Waals surface area (Å²) in [7, 11) is 0. The number of thiazole rings is 1. The van der Waals surface area contributed by atoms with Crippen LogP contribution in [-0.4, -0.2) is 11.5 Å². The maximum atomic E-state index is 4.91. The summed E-state index contributed by atoms with van der Waals surface area (Å²) in [4.78, 5) is 6.12. The van der Waals surface area contributed by atoms with Crippen LogP contribution < -0.4 is 5.32 Å². The minimum atomic E-state index is 0.921. The van der Waals surface area contributed by atoms with Crippen molar-refractivity contribution in [3.63, 3.8) is 0 Å². The monoisotopic (exact) mass is 370 g/mol. The Morgan fingerprint density at radius 3 is 1.96 bits per heavy atom. The van der Waals surface area contributed by atoms with E-state index in [4.69, 9.17) is 4.98 Å². The topological polar surface area (TPSA) is 24.9 Å². The molecule has 1 N–H and O–H groups in total. The van der Waals surface area contributed by atoms with E-state index >= 15 is 0 Å². The van der Waals surface area contributed by atoms with E-state index in [-0.39, 0.29) is 0 Å². The van der Waals surface area contributed by atoms with E-state index in [2.05, 4.69) is 90.2 Å². The van der Waals surface area contributed by atoms with Crippen molar-refractivity contribution in [3.8, 4) is 21.7 Å². The van der Waals surface area contributed by atoms with Crippen molar-refractivity contribution in [2.75, 3.05) is 11.9 Å². The fourth-order valence-corrected chi connectivity index (χ4v) is 4.12. The van der Waals surface area contributed by atoms with Crippen LogP contribution in [0.2, 0.25) is 0 Å². The minimum absolute atomic E-state index is 0.921. The summed E-state index contributed by atoms with van der Waals surface area (Å²) >= 11 is 1.73.